The number of carbonyl (C=O) groups is 2. The normalized spacial score (nSPS) is 10.9. The maximum atomic E-state index is 13.0. The minimum atomic E-state index is -1.14. The van der Waals surface area contributed by atoms with Crippen molar-refractivity contribution in [3.8, 4) is 11.3 Å². The van der Waals surface area contributed by atoms with Crippen LogP contribution in [0.5, 0.6) is 0 Å². The quantitative estimate of drug-likeness (QED) is 0.405. The second kappa shape index (κ2) is 6.75. The third-order valence-corrected chi connectivity index (χ3v) is 4.68. The van der Waals surface area contributed by atoms with Gasteiger partial charge < -0.3 is 9.52 Å². The molecule has 0 unspecified atom stereocenters. The van der Waals surface area contributed by atoms with Gasteiger partial charge in [0.25, 0.3) is 11.6 Å². The molecule has 0 spiro atoms. The van der Waals surface area contributed by atoms with Gasteiger partial charge >= 0.3 is 5.97 Å². The summed E-state index contributed by atoms with van der Waals surface area (Å²) in [7, 11) is 0. The average molecular weight is 390 g/mol. The SMILES string of the molecule is Cc1ccc([N+](=O)[O-])cc1-c1ccc(C(=O)n2cc(C(=O)O)c3ccccc32)o1. The number of para-hydroxylation sites is 1. The number of nitro benzene ring substituents is 1. The number of hydrogen-bond donors (Lipinski definition) is 1. The number of benzene rings is 2. The zero-order valence-electron chi connectivity index (χ0n) is 15.2. The van der Waals surface area contributed by atoms with Gasteiger partial charge in [-0.3, -0.25) is 19.5 Å². The molecule has 0 aliphatic carbocycles. The van der Waals surface area contributed by atoms with E-state index in [0.717, 1.165) is 5.56 Å². The number of furan rings is 1. The molecule has 8 heteroatoms. The van der Waals surface area contributed by atoms with E-state index in [-0.39, 0.29) is 17.0 Å². The van der Waals surface area contributed by atoms with Crippen molar-refractivity contribution in [1.82, 2.24) is 4.57 Å². The van der Waals surface area contributed by atoms with Crippen molar-refractivity contribution in [3.63, 3.8) is 0 Å². The standard InChI is InChI=1S/C21H14N2O6/c1-12-6-7-13(23(27)28)10-15(12)18-8-9-19(29-18)20(24)22-11-16(21(25)26)14-4-2-3-5-17(14)22/h2-11H,1H3,(H,25,26). The predicted molar refractivity (Wildman–Crippen MR) is 104 cm³/mol. The number of fused-ring (bicyclic) bond motifs is 1. The van der Waals surface area contributed by atoms with Crippen LogP contribution in [0.4, 0.5) is 5.69 Å². The Kier molecular flexibility index (Phi) is 4.23. The first-order valence-corrected chi connectivity index (χ1v) is 8.60. The smallest absolute Gasteiger partial charge is 0.337 e. The number of nitro groups is 1. The molecule has 2 aromatic heterocycles. The van der Waals surface area contributed by atoms with Gasteiger partial charge in [-0.25, -0.2) is 4.79 Å². The molecular weight excluding hydrogens is 376 g/mol. The monoisotopic (exact) mass is 390 g/mol. The maximum Gasteiger partial charge on any atom is 0.337 e. The summed E-state index contributed by atoms with van der Waals surface area (Å²) in [5.41, 5.74) is 1.62. The lowest BCUT2D eigenvalue weighted by Crippen LogP contribution is -2.09. The van der Waals surface area contributed by atoms with Crippen LogP contribution in [0.3, 0.4) is 0 Å². The van der Waals surface area contributed by atoms with Gasteiger partial charge in [-0.1, -0.05) is 24.3 Å². The Bertz CT molecular complexity index is 1300. The highest BCUT2D eigenvalue weighted by Gasteiger charge is 2.21. The zero-order chi connectivity index (χ0) is 20.7. The van der Waals surface area contributed by atoms with Crippen LogP contribution in [-0.4, -0.2) is 26.5 Å². The molecule has 0 atom stereocenters. The van der Waals surface area contributed by atoms with Crippen molar-refractivity contribution in [2.24, 2.45) is 0 Å². The molecule has 0 bridgehead atoms. The lowest BCUT2D eigenvalue weighted by Gasteiger charge is -2.03. The Labute approximate surface area is 163 Å². The molecule has 0 saturated heterocycles. The first kappa shape index (κ1) is 18.2. The number of carboxylic acids is 1. The molecule has 4 rings (SSSR count). The summed E-state index contributed by atoms with van der Waals surface area (Å²) in [6, 6.07) is 14.1. The maximum absolute atomic E-state index is 13.0. The van der Waals surface area contributed by atoms with Gasteiger partial charge in [-0.15, -0.1) is 0 Å². The molecule has 0 fully saturated rings. The molecule has 1 N–H and O–H groups in total. The topological polar surface area (TPSA) is 116 Å². The first-order chi connectivity index (χ1) is 13.9. The molecule has 0 aliphatic heterocycles. The molecule has 4 aromatic rings. The summed E-state index contributed by atoms with van der Waals surface area (Å²) >= 11 is 0. The molecule has 0 radical (unpaired) electrons. The summed E-state index contributed by atoms with van der Waals surface area (Å²) in [4.78, 5) is 35.0. The fourth-order valence-electron chi connectivity index (χ4n) is 3.22. The Hall–Kier alpha value is -4.20. The zero-order valence-corrected chi connectivity index (χ0v) is 15.2. The van der Waals surface area contributed by atoms with Crippen molar-refractivity contribution < 1.29 is 24.0 Å². The van der Waals surface area contributed by atoms with Crippen LogP contribution in [0, 0.1) is 17.0 Å². The van der Waals surface area contributed by atoms with Crippen LogP contribution in [0.2, 0.25) is 0 Å². The molecule has 0 saturated carbocycles. The van der Waals surface area contributed by atoms with Crippen molar-refractivity contribution in [3.05, 3.63) is 87.8 Å². The van der Waals surface area contributed by atoms with Gasteiger partial charge in [0.2, 0.25) is 0 Å². The number of nitrogens with zero attached hydrogens (tertiary/aromatic N) is 2. The number of non-ortho nitro benzene ring substituents is 1. The van der Waals surface area contributed by atoms with Gasteiger partial charge in [0.1, 0.15) is 5.76 Å². The molecule has 8 nitrogen and oxygen atoms in total. The Balaban J connectivity index is 1.78. The van der Waals surface area contributed by atoms with Gasteiger partial charge in [0, 0.05) is 29.3 Å². The van der Waals surface area contributed by atoms with Gasteiger partial charge in [0.15, 0.2) is 5.76 Å². The van der Waals surface area contributed by atoms with Crippen LogP contribution in [0.15, 0.2) is 65.2 Å². The third kappa shape index (κ3) is 3.06. The van der Waals surface area contributed by atoms with E-state index in [0.29, 0.717) is 22.2 Å². The predicted octanol–water partition coefficient (Wildman–Crippen LogP) is 4.50. The van der Waals surface area contributed by atoms with Crippen LogP contribution in [0.1, 0.15) is 26.5 Å². The summed E-state index contributed by atoms with van der Waals surface area (Å²) in [6.45, 7) is 1.78. The molecule has 0 amide bonds. The third-order valence-electron chi connectivity index (χ3n) is 4.68. The molecule has 29 heavy (non-hydrogen) atoms. The van der Waals surface area contributed by atoms with E-state index in [1.165, 1.54) is 29.0 Å². The Morgan fingerprint density at radius 3 is 2.59 bits per heavy atom. The Morgan fingerprint density at radius 2 is 1.86 bits per heavy atom. The fraction of sp³-hybridized carbons (Fsp3) is 0.0476. The van der Waals surface area contributed by atoms with E-state index in [1.54, 1.807) is 43.3 Å². The van der Waals surface area contributed by atoms with Crippen LogP contribution in [-0.2, 0) is 0 Å². The highest BCUT2D eigenvalue weighted by atomic mass is 16.6. The summed E-state index contributed by atoms with van der Waals surface area (Å²) < 4.78 is 6.90. The number of aromatic nitrogens is 1. The lowest BCUT2D eigenvalue weighted by atomic mass is 10.1. The number of aromatic carboxylic acids is 1. The van der Waals surface area contributed by atoms with Gasteiger partial charge in [0.05, 0.1) is 16.0 Å². The van der Waals surface area contributed by atoms with Crippen LogP contribution >= 0.6 is 0 Å². The molecule has 144 valence electrons. The van der Waals surface area contributed by atoms with Crippen molar-refractivity contribution in [2.45, 2.75) is 6.92 Å². The van der Waals surface area contributed by atoms with E-state index in [4.69, 9.17) is 4.42 Å². The lowest BCUT2D eigenvalue weighted by molar-refractivity contribution is -0.384. The highest BCUT2D eigenvalue weighted by Crippen LogP contribution is 2.30. The molecule has 2 aromatic carbocycles. The van der Waals surface area contributed by atoms with E-state index < -0.39 is 16.8 Å². The van der Waals surface area contributed by atoms with E-state index in [2.05, 4.69) is 0 Å². The molecule has 0 aliphatic rings. The summed E-state index contributed by atoms with van der Waals surface area (Å²) in [6.07, 6.45) is 1.26. The van der Waals surface area contributed by atoms with Crippen molar-refractivity contribution in [2.75, 3.05) is 0 Å². The number of aryl methyl sites for hydroxylation is 1. The number of rotatable bonds is 4. The number of hydrogen-bond acceptors (Lipinski definition) is 5. The summed E-state index contributed by atoms with van der Waals surface area (Å²) in [5.74, 6) is -1.38. The van der Waals surface area contributed by atoms with Crippen LogP contribution < -0.4 is 0 Å². The second-order valence-corrected chi connectivity index (χ2v) is 6.46. The first-order valence-electron chi connectivity index (χ1n) is 8.60. The molecule has 2 heterocycles. The van der Waals surface area contributed by atoms with Gasteiger partial charge in [-0.05, 0) is 30.7 Å². The van der Waals surface area contributed by atoms with Gasteiger partial charge in [-0.2, -0.15) is 0 Å². The summed E-state index contributed by atoms with van der Waals surface area (Å²) in [5, 5.41) is 20.9. The largest absolute Gasteiger partial charge is 0.478 e. The Morgan fingerprint density at radius 1 is 1.10 bits per heavy atom. The van der Waals surface area contributed by atoms with Crippen molar-refractivity contribution >= 4 is 28.5 Å². The van der Waals surface area contributed by atoms with Crippen molar-refractivity contribution in [1.29, 1.82) is 0 Å². The van der Waals surface area contributed by atoms with Crippen LogP contribution in [0.25, 0.3) is 22.2 Å². The van der Waals surface area contributed by atoms with E-state index in [1.807, 2.05) is 0 Å². The average Bonchev–Trinajstić information content (AvgIpc) is 3.33. The minimum absolute atomic E-state index is 0.00950. The molecular formula is C21H14N2O6. The highest BCUT2D eigenvalue weighted by molar-refractivity contribution is 6.08. The number of carboxylic acid groups (broad SMARTS) is 1. The number of carbonyl (C=O) groups excluding carboxylic acids is 1. The van der Waals surface area contributed by atoms with E-state index >= 15 is 0 Å². The second-order valence-electron chi connectivity index (χ2n) is 6.46. The van der Waals surface area contributed by atoms with E-state index in [9.17, 15) is 24.8 Å². The minimum Gasteiger partial charge on any atom is -0.478 e. The fourth-order valence-corrected chi connectivity index (χ4v) is 3.22.